The number of nitriles is 1. The molecule has 0 spiro atoms. The van der Waals surface area contributed by atoms with Crippen molar-refractivity contribution in [1.29, 1.82) is 5.26 Å². The molecule has 3 unspecified atom stereocenters. The quantitative estimate of drug-likeness (QED) is 0.292. The van der Waals surface area contributed by atoms with Crippen LogP contribution in [-0.4, -0.2) is 51.6 Å². The lowest BCUT2D eigenvalue weighted by molar-refractivity contribution is -0.168. The Hall–Kier alpha value is -2.57. The van der Waals surface area contributed by atoms with E-state index in [4.69, 9.17) is 9.47 Å². The van der Waals surface area contributed by atoms with E-state index in [1.165, 1.54) is 26.5 Å². The summed E-state index contributed by atoms with van der Waals surface area (Å²) in [6.45, 7) is 11.9. The first kappa shape index (κ1) is 26.0. The first-order valence-corrected chi connectivity index (χ1v) is 13.4. The molecule has 1 aromatic carbocycles. The van der Waals surface area contributed by atoms with Crippen molar-refractivity contribution >= 4 is 33.4 Å². The number of benzene rings is 1. The van der Waals surface area contributed by atoms with Crippen LogP contribution < -0.4 is 9.47 Å². The zero-order valence-corrected chi connectivity index (χ0v) is 21.5. The van der Waals surface area contributed by atoms with Crippen LogP contribution in [0, 0.1) is 11.3 Å². The van der Waals surface area contributed by atoms with Crippen LogP contribution >= 0.6 is 21.6 Å². The van der Waals surface area contributed by atoms with E-state index in [1.54, 1.807) is 31.0 Å². The number of ether oxygens (including phenoxy) is 2. The fourth-order valence-corrected chi connectivity index (χ4v) is 7.78. The van der Waals surface area contributed by atoms with Crippen LogP contribution in [0.15, 0.2) is 43.5 Å². The molecule has 3 saturated heterocycles. The summed E-state index contributed by atoms with van der Waals surface area (Å²) in [4.78, 5) is 28.7. The number of piperazine rings is 1. The van der Waals surface area contributed by atoms with Crippen LogP contribution in [0.2, 0.25) is 0 Å². The third-order valence-electron chi connectivity index (χ3n) is 6.14. The molecule has 0 radical (unpaired) electrons. The third kappa shape index (κ3) is 4.41. The number of hydrogen-bond donors (Lipinski definition) is 0. The van der Waals surface area contributed by atoms with E-state index in [1.807, 2.05) is 18.2 Å². The molecule has 0 aliphatic carbocycles. The molecule has 3 aliphatic heterocycles. The van der Waals surface area contributed by atoms with E-state index >= 15 is 0 Å². The monoisotopic (exact) mass is 501 g/mol. The second kappa shape index (κ2) is 10.8. The number of fused-ring (bicyclic) bond motifs is 3. The molecule has 3 fully saturated rings. The van der Waals surface area contributed by atoms with Gasteiger partial charge in [0.25, 0.3) is 11.8 Å². The standard InChI is InChI=1S/C25H31N3O4S2/c1-6-10-19(18-11-12-20(31-15-7-2)21(17-18)32-16-8-3)28-22(29)24(4)27(5)23(30)25(28,34-33-24)13-9-14-26/h7-8,11-12,17,19H,2-3,6,9-10,13,15-16H2,1,4-5H3. The number of likely N-dealkylation sites (N-methyl/N-ethyl adjacent to an activating group) is 1. The molecule has 2 amide bonds. The number of carbonyl (C=O) groups excluding carboxylic acids is 2. The SMILES string of the molecule is C=CCOc1ccc(C(CCC)N2C(=O)C3(C)SSC2(CCC#N)C(=O)N3C)cc1OCC=C. The average Bonchev–Trinajstić information content (AvgIpc) is 2.84. The summed E-state index contributed by atoms with van der Waals surface area (Å²) in [6, 6.07) is 7.42. The predicted octanol–water partition coefficient (Wildman–Crippen LogP) is 5.07. The molecular formula is C25H31N3O4S2. The molecule has 7 nitrogen and oxygen atoms in total. The Morgan fingerprint density at radius 3 is 2.44 bits per heavy atom. The van der Waals surface area contributed by atoms with Gasteiger partial charge in [0.15, 0.2) is 21.2 Å². The average molecular weight is 502 g/mol. The minimum Gasteiger partial charge on any atom is -0.486 e. The molecule has 182 valence electrons. The van der Waals surface area contributed by atoms with Gasteiger partial charge >= 0.3 is 0 Å². The molecular weight excluding hydrogens is 470 g/mol. The zero-order valence-electron chi connectivity index (χ0n) is 19.9. The third-order valence-corrected chi connectivity index (χ3v) is 9.90. The van der Waals surface area contributed by atoms with Crippen LogP contribution in [0.5, 0.6) is 11.5 Å². The van der Waals surface area contributed by atoms with Gasteiger partial charge in [-0.25, -0.2) is 0 Å². The van der Waals surface area contributed by atoms with Crippen molar-refractivity contribution in [1.82, 2.24) is 9.80 Å². The lowest BCUT2D eigenvalue weighted by atomic mass is 9.92. The molecule has 0 aromatic heterocycles. The van der Waals surface area contributed by atoms with Crippen molar-refractivity contribution in [3.8, 4) is 17.6 Å². The second-order valence-electron chi connectivity index (χ2n) is 8.34. The smallest absolute Gasteiger partial charge is 0.261 e. The highest BCUT2D eigenvalue weighted by Gasteiger charge is 2.67. The van der Waals surface area contributed by atoms with Crippen molar-refractivity contribution in [2.24, 2.45) is 0 Å². The molecule has 4 rings (SSSR count). The summed E-state index contributed by atoms with van der Waals surface area (Å²) in [7, 11) is 4.48. The van der Waals surface area contributed by atoms with Gasteiger partial charge in [0.2, 0.25) is 0 Å². The van der Waals surface area contributed by atoms with Crippen molar-refractivity contribution in [2.45, 2.75) is 55.3 Å². The summed E-state index contributed by atoms with van der Waals surface area (Å²) in [6.07, 6.45) is 5.22. The van der Waals surface area contributed by atoms with Crippen LogP contribution in [0.1, 0.15) is 51.1 Å². The Morgan fingerprint density at radius 2 is 1.82 bits per heavy atom. The largest absolute Gasteiger partial charge is 0.486 e. The van der Waals surface area contributed by atoms with Gasteiger partial charge in [0, 0.05) is 19.9 Å². The van der Waals surface area contributed by atoms with E-state index in [0.29, 0.717) is 31.1 Å². The zero-order chi connectivity index (χ0) is 24.9. The van der Waals surface area contributed by atoms with Crippen LogP contribution in [0.4, 0.5) is 0 Å². The Kier molecular flexibility index (Phi) is 8.26. The highest BCUT2D eigenvalue weighted by atomic mass is 33.1. The van der Waals surface area contributed by atoms with Gasteiger partial charge in [0.1, 0.15) is 13.2 Å². The predicted molar refractivity (Wildman–Crippen MR) is 136 cm³/mol. The van der Waals surface area contributed by atoms with Gasteiger partial charge in [-0.3, -0.25) is 9.59 Å². The number of hydrogen-bond acceptors (Lipinski definition) is 7. The van der Waals surface area contributed by atoms with Gasteiger partial charge in [-0.2, -0.15) is 5.26 Å². The van der Waals surface area contributed by atoms with Crippen LogP contribution in [-0.2, 0) is 9.59 Å². The highest BCUT2D eigenvalue weighted by Crippen LogP contribution is 2.62. The topological polar surface area (TPSA) is 82.9 Å². The number of nitrogens with zero attached hydrogens (tertiary/aromatic N) is 3. The van der Waals surface area contributed by atoms with E-state index in [9.17, 15) is 14.9 Å². The second-order valence-corrected chi connectivity index (χ2v) is 11.1. The maximum atomic E-state index is 13.9. The van der Waals surface area contributed by atoms with E-state index < -0.39 is 9.74 Å². The number of carbonyl (C=O) groups is 2. The van der Waals surface area contributed by atoms with Crippen molar-refractivity contribution in [3.05, 3.63) is 49.1 Å². The Bertz CT molecular complexity index is 1010. The van der Waals surface area contributed by atoms with Crippen molar-refractivity contribution < 1.29 is 19.1 Å². The summed E-state index contributed by atoms with van der Waals surface area (Å²) in [5.41, 5.74) is 0.855. The number of rotatable bonds is 12. The highest BCUT2D eigenvalue weighted by molar-refractivity contribution is 8.78. The maximum absolute atomic E-state index is 13.9. The Balaban J connectivity index is 2.12. The molecule has 3 aliphatic rings. The van der Waals surface area contributed by atoms with Crippen molar-refractivity contribution in [3.63, 3.8) is 0 Å². The van der Waals surface area contributed by atoms with Gasteiger partial charge < -0.3 is 19.3 Å². The van der Waals surface area contributed by atoms with Crippen LogP contribution in [0.25, 0.3) is 0 Å². The molecule has 3 atom stereocenters. The van der Waals surface area contributed by atoms with Gasteiger partial charge in [-0.1, -0.05) is 66.3 Å². The molecule has 0 saturated carbocycles. The minimum absolute atomic E-state index is 0.115. The molecule has 34 heavy (non-hydrogen) atoms. The maximum Gasteiger partial charge on any atom is 0.261 e. The molecule has 9 heteroatoms. The summed E-state index contributed by atoms with van der Waals surface area (Å²) >= 11 is 0. The normalized spacial score (nSPS) is 24.5. The summed E-state index contributed by atoms with van der Waals surface area (Å²) < 4.78 is 11.6. The number of amides is 2. The summed E-state index contributed by atoms with van der Waals surface area (Å²) in [5.74, 6) is 0.857. The van der Waals surface area contributed by atoms with Gasteiger partial charge in [-0.05, 0) is 31.0 Å². The Morgan fingerprint density at radius 1 is 1.15 bits per heavy atom. The fraction of sp³-hybridized carbons (Fsp3) is 0.480. The van der Waals surface area contributed by atoms with E-state index in [-0.39, 0.29) is 30.7 Å². The molecule has 2 bridgehead atoms. The van der Waals surface area contributed by atoms with Crippen molar-refractivity contribution in [2.75, 3.05) is 20.3 Å². The minimum atomic E-state index is -1.13. The first-order valence-electron chi connectivity index (χ1n) is 11.3. The first-order chi connectivity index (χ1) is 16.3. The van der Waals surface area contributed by atoms with E-state index in [0.717, 1.165) is 12.0 Å². The molecule has 3 heterocycles. The van der Waals surface area contributed by atoms with Gasteiger partial charge in [-0.15, -0.1) is 0 Å². The van der Waals surface area contributed by atoms with Crippen LogP contribution in [0.3, 0.4) is 0 Å². The lowest BCUT2D eigenvalue weighted by Crippen LogP contribution is -2.75. The molecule has 1 aromatic rings. The lowest BCUT2D eigenvalue weighted by Gasteiger charge is -2.60. The Labute approximate surface area is 209 Å². The van der Waals surface area contributed by atoms with E-state index in [2.05, 4.69) is 26.2 Å². The summed E-state index contributed by atoms with van der Waals surface area (Å²) in [5, 5.41) is 9.31. The van der Waals surface area contributed by atoms with Gasteiger partial charge in [0.05, 0.1) is 12.1 Å². The fourth-order valence-electron chi connectivity index (χ4n) is 4.27. The molecule has 0 N–H and O–H groups in total.